The summed E-state index contributed by atoms with van der Waals surface area (Å²) in [6.45, 7) is 0. The van der Waals surface area contributed by atoms with E-state index in [1.165, 1.54) is 12.1 Å². The molecule has 0 saturated carbocycles. The first-order valence-electron chi connectivity index (χ1n) is 6.34. The molecule has 0 bridgehead atoms. The molecule has 0 amide bonds. The molecule has 0 heterocycles. The van der Waals surface area contributed by atoms with Gasteiger partial charge in [0.1, 0.15) is 5.82 Å². The van der Waals surface area contributed by atoms with E-state index in [-0.39, 0.29) is 17.5 Å². The summed E-state index contributed by atoms with van der Waals surface area (Å²) in [5.74, 6) is 3.13. The molecule has 0 radical (unpaired) electrons. The first-order valence-corrected chi connectivity index (χ1v) is 6.72. The third-order valence-corrected chi connectivity index (χ3v) is 3.49. The third kappa shape index (κ3) is 3.97. The summed E-state index contributed by atoms with van der Waals surface area (Å²) in [6, 6.07) is 8.01. The van der Waals surface area contributed by atoms with Crippen molar-refractivity contribution in [3.8, 4) is 0 Å². The summed E-state index contributed by atoms with van der Waals surface area (Å²) in [7, 11) is 0. The Bertz CT molecular complexity index is 634. The highest BCUT2D eigenvalue weighted by molar-refractivity contribution is 6.30. The SMILES string of the molecule is NNC(Cc1ccc(F)c(F)c1)Cc1cccc(Cl)c1F. The Labute approximate surface area is 125 Å². The molecule has 2 aromatic carbocycles. The Kier molecular flexibility index (Phi) is 5.22. The molecule has 1 unspecified atom stereocenters. The molecule has 1 atom stereocenters. The van der Waals surface area contributed by atoms with Crippen LogP contribution >= 0.6 is 11.6 Å². The average Bonchev–Trinajstić information content (AvgIpc) is 2.47. The van der Waals surface area contributed by atoms with Crippen LogP contribution in [0.4, 0.5) is 13.2 Å². The number of hydrogen-bond acceptors (Lipinski definition) is 2. The first kappa shape index (κ1) is 15.8. The molecule has 0 aromatic heterocycles. The van der Waals surface area contributed by atoms with E-state index in [0.29, 0.717) is 17.5 Å². The van der Waals surface area contributed by atoms with Crippen LogP contribution in [0, 0.1) is 17.5 Å². The summed E-state index contributed by atoms with van der Waals surface area (Å²) in [5.41, 5.74) is 3.53. The van der Waals surface area contributed by atoms with E-state index in [1.807, 2.05) is 0 Å². The molecule has 0 fully saturated rings. The quantitative estimate of drug-likeness (QED) is 0.656. The van der Waals surface area contributed by atoms with Crippen LogP contribution < -0.4 is 11.3 Å². The maximum absolute atomic E-state index is 13.8. The fourth-order valence-corrected chi connectivity index (χ4v) is 2.31. The van der Waals surface area contributed by atoms with Crippen molar-refractivity contribution in [1.82, 2.24) is 5.43 Å². The van der Waals surface area contributed by atoms with Gasteiger partial charge in [-0.05, 0) is 42.2 Å². The predicted molar refractivity (Wildman–Crippen MR) is 76.3 cm³/mol. The number of hydrogen-bond donors (Lipinski definition) is 2. The van der Waals surface area contributed by atoms with Crippen molar-refractivity contribution in [2.24, 2.45) is 5.84 Å². The van der Waals surface area contributed by atoms with Crippen molar-refractivity contribution < 1.29 is 13.2 Å². The van der Waals surface area contributed by atoms with Crippen molar-refractivity contribution in [3.05, 3.63) is 70.0 Å². The minimum absolute atomic E-state index is 0.0381. The highest BCUT2D eigenvalue weighted by Crippen LogP contribution is 2.20. The number of hydrazine groups is 1. The van der Waals surface area contributed by atoms with E-state index in [9.17, 15) is 13.2 Å². The average molecular weight is 315 g/mol. The molecule has 0 aliphatic heterocycles. The van der Waals surface area contributed by atoms with Crippen LogP contribution in [0.25, 0.3) is 0 Å². The molecule has 21 heavy (non-hydrogen) atoms. The molecule has 2 aromatic rings. The predicted octanol–water partition coefficient (Wildman–Crippen LogP) is 3.37. The summed E-state index contributed by atoms with van der Waals surface area (Å²) >= 11 is 5.72. The Morgan fingerprint density at radius 2 is 1.81 bits per heavy atom. The van der Waals surface area contributed by atoms with Gasteiger partial charge in [-0.25, -0.2) is 13.2 Å². The number of rotatable bonds is 5. The molecule has 0 aliphatic carbocycles. The lowest BCUT2D eigenvalue weighted by atomic mass is 9.99. The summed E-state index contributed by atoms with van der Waals surface area (Å²) < 4.78 is 39.9. The monoisotopic (exact) mass is 314 g/mol. The van der Waals surface area contributed by atoms with Crippen LogP contribution in [0.15, 0.2) is 36.4 Å². The molecule has 0 saturated heterocycles. The van der Waals surface area contributed by atoms with Crippen LogP contribution in [0.2, 0.25) is 5.02 Å². The topological polar surface area (TPSA) is 38.0 Å². The fourth-order valence-electron chi connectivity index (χ4n) is 2.11. The molecular weight excluding hydrogens is 301 g/mol. The Morgan fingerprint density at radius 3 is 2.48 bits per heavy atom. The molecule has 6 heteroatoms. The van der Waals surface area contributed by atoms with Crippen molar-refractivity contribution in [2.75, 3.05) is 0 Å². The highest BCUT2D eigenvalue weighted by atomic mass is 35.5. The number of nitrogens with one attached hydrogen (secondary N) is 1. The van der Waals surface area contributed by atoms with E-state index < -0.39 is 17.5 Å². The van der Waals surface area contributed by atoms with Gasteiger partial charge in [-0.15, -0.1) is 0 Å². The minimum Gasteiger partial charge on any atom is -0.271 e. The van der Waals surface area contributed by atoms with Crippen LogP contribution in [-0.4, -0.2) is 6.04 Å². The summed E-state index contributed by atoms with van der Waals surface area (Å²) in [5, 5.41) is 0.0381. The maximum Gasteiger partial charge on any atom is 0.159 e. The molecule has 112 valence electrons. The van der Waals surface area contributed by atoms with Gasteiger partial charge in [0, 0.05) is 6.04 Å². The zero-order valence-corrected chi connectivity index (χ0v) is 11.8. The van der Waals surface area contributed by atoms with Gasteiger partial charge in [-0.2, -0.15) is 0 Å². The van der Waals surface area contributed by atoms with Crippen LogP contribution in [0.1, 0.15) is 11.1 Å². The lowest BCUT2D eigenvalue weighted by Gasteiger charge is -2.17. The van der Waals surface area contributed by atoms with Crippen molar-refractivity contribution in [3.63, 3.8) is 0 Å². The molecule has 2 rings (SSSR count). The van der Waals surface area contributed by atoms with Gasteiger partial charge in [0.2, 0.25) is 0 Å². The number of benzene rings is 2. The standard InChI is InChI=1S/C15H14ClF3N2/c16-12-3-1-2-10(15(12)19)8-11(21-20)6-9-4-5-13(17)14(18)7-9/h1-5,7,11,21H,6,8,20H2. The largest absolute Gasteiger partial charge is 0.271 e. The van der Waals surface area contributed by atoms with Crippen LogP contribution in [0.5, 0.6) is 0 Å². The van der Waals surface area contributed by atoms with Crippen molar-refractivity contribution in [2.45, 2.75) is 18.9 Å². The first-order chi connectivity index (χ1) is 10.0. The Balaban J connectivity index is 2.13. The second kappa shape index (κ2) is 6.93. The Hall–Kier alpha value is -1.56. The lowest BCUT2D eigenvalue weighted by molar-refractivity contribution is 0.493. The minimum atomic E-state index is -0.919. The van der Waals surface area contributed by atoms with Gasteiger partial charge in [0.15, 0.2) is 11.6 Å². The highest BCUT2D eigenvalue weighted by Gasteiger charge is 2.14. The smallest absolute Gasteiger partial charge is 0.159 e. The molecular formula is C15H14ClF3N2. The van der Waals surface area contributed by atoms with E-state index in [4.69, 9.17) is 17.4 Å². The van der Waals surface area contributed by atoms with E-state index in [1.54, 1.807) is 12.1 Å². The molecule has 0 spiro atoms. The van der Waals surface area contributed by atoms with Gasteiger partial charge in [0.05, 0.1) is 5.02 Å². The zero-order chi connectivity index (χ0) is 15.4. The second-order valence-corrected chi connectivity index (χ2v) is 5.14. The normalized spacial score (nSPS) is 12.4. The van der Waals surface area contributed by atoms with Gasteiger partial charge >= 0.3 is 0 Å². The van der Waals surface area contributed by atoms with Crippen LogP contribution in [-0.2, 0) is 12.8 Å². The molecule has 0 aliphatic rings. The maximum atomic E-state index is 13.8. The van der Waals surface area contributed by atoms with Crippen LogP contribution in [0.3, 0.4) is 0 Å². The third-order valence-electron chi connectivity index (χ3n) is 3.20. The van der Waals surface area contributed by atoms with E-state index >= 15 is 0 Å². The fraction of sp³-hybridized carbons (Fsp3) is 0.200. The van der Waals surface area contributed by atoms with Crippen molar-refractivity contribution in [1.29, 1.82) is 0 Å². The van der Waals surface area contributed by atoms with E-state index in [2.05, 4.69) is 5.43 Å². The zero-order valence-electron chi connectivity index (χ0n) is 11.0. The Morgan fingerprint density at radius 1 is 1.05 bits per heavy atom. The van der Waals surface area contributed by atoms with E-state index in [0.717, 1.165) is 12.1 Å². The van der Waals surface area contributed by atoms with Gasteiger partial charge in [-0.1, -0.05) is 29.8 Å². The summed E-state index contributed by atoms with van der Waals surface area (Å²) in [4.78, 5) is 0. The van der Waals surface area contributed by atoms with Gasteiger partial charge in [0.25, 0.3) is 0 Å². The lowest BCUT2D eigenvalue weighted by Crippen LogP contribution is -2.38. The molecule has 2 nitrogen and oxygen atoms in total. The number of nitrogens with two attached hydrogens (primary N) is 1. The molecule has 3 N–H and O–H groups in total. The second-order valence-electron chi connectivity index (χ2n) is 4.73. The summed E-state index contributed by atoms with van der Waals surface area (Å²) in [6.07, 6.45) is 0.613. The number of halogens is 4. The van der Waals surface area contributed by atoms with Gasteiger partial charge < -0.3 is 0 Å². The van der Waals surface area contributed by atoms with Gasteiger partial charge in [-0.3, -0.25) is 11.3 Å². The van der Waals surface area contributed by atoms with Crippen molar-refractivity contribution >= 4 is 11.6 Å².